The summed E-state index contributed by atoms with van der Waals surface area (Å²) in [6.45, 7) is 1.89. The lowest BCUT2D eigenvalue weighted by Crippen LogP contribution is -2.53. The molecule has 0 radical (unpaired) electrons. The zero-order valence-corrected chi connectivity index (χ0v) is 30.8. The summed E-state index contributed by atoms with van der Waals surface area (Å²) in [6.07, 6.45) is 6.59. The van der Waals surface area contributed by atoms with Gasteiger partial charge in [0, 0.05) is 63.1 Å². The number of amidine groups is 1. The Balaban J connectivity index is 1.27. The molecule has 0 bridgehead atoms. The highest BCUT2D eigenvalue weighted by molar-refractivity contribution is 14.2. The van der Waals surface area contributed by atoms with Crippen molar-refractivity contribution in [1.82, 2.24) is 29.4 Å². The van der Waals surface area contributed by atoms with Gasteiger partial charge in [-0.2, -0.15) is 4.31 Å². The summed E-state index contributed by atoms with van der Waals surface area (Å²) in [5, 5.41) is 7.68. The van der Waals surface area contributed by atoms with Gasteiger partial charge in [0.25, 0.3) is 15.9 Å². The number of sulfonamides is 1. The van der Waals surface area contributed by atoms with Crippen LogP contribution in [0.1, 0.15) is 25.3 Å². The molecule has 18 heteroatoms. The van der Waals surface area contributed by atoms with Crippen molar-refractivity contribution in [2.45, 2.75) is 44.1 Å². The smallest absolute Gasteiger partial charge is 0.260 e. The maximum Gasteiger partial charge on any atom is 0.260 e. The third-order valence-corrected chi connectivity index (χ3v) is 14.1. The molecule has 0 aliphatic carbocycles. The number of carbonyl (C=O) groups excluding carboxylic acids is 2. The SMILES string of the molecule is CN1C=C(S(=O)(=O)N2CCC[C@H]2C(=O)NC2=NN=IS2)N2C1N(c1cc(Cl)cc(Cl)c1)C(=O)[C@@]2(C)Cc1ccc(-c2cncnc2)cc1. The molecule has 4 aliphatic heterocycles. The fourth-order valence-corrected chi connectivity index (χ4v) is 11.4. The van der Waals surface area contributed by atoms with Crippen LogP contribution in [0.4, 0.5) is 5.69 Å². The lowest BCUT2D eigenvalue weighted by Gasteiger charge is -2.37. The van der Waals surface area contributed by atoms with Gasteiger partial charge in [-0.3, -0.25) is 14.5 Å². The first kappa shape index (κ1) is 33.3. The summed E-state index contributed by atoms with van der Waals surface area (Å²) in [5.41, 5.74) is 1.60. The van der Waals surface area contributed by atoms with E-state index in [4.69, 9.17) is 23.2 Å². The van der Waals surface area contributed by atoms with Crippen molar-refractivity contribution in [3.63, 3.8) is 0 Å². The molecule has 1 N–H and O–H groups in total. The molecule has 4 aliphatic rings. The Labute approximate surface area is 300 Å². The summed E-state index contributed by atoms with van der Waals surface area (Å²) in [4.78, 5) is 41.1. The zero-order valence-electron chi connectivity index (χ0n) is 25.5. The van der Waals surface area contributed by atoms with Crippen LogP contribution < -0.4 is 10.2 Å². The van der Waals surface area contributed by atoms with Crippen LogP contribution in [0.3, 0.4) is 0 Å². The quantitative estimate of drug-likeness (QED) is 0.321. The van der Waals surface area contributed by atoms with Gasteiger partial charge in [0.2, 0.25) is 11.1 Å². The number of fused-ring (bicyclic) bond motifs is 1. The second-order valence-electron chi connectivity index (χ2n) is 11.8. The number of carbonyl (C=O) groups is 2. The van der Waals surface area contributed by atoms with Gasteiger partial charge in [-0.15, -0.1) is 8.36 Å². The van der Waals surface area contributed by atoms with E-state index in [0.717, 1.165) is 16.7 Å². The van der Waals surface area contributed by atoms with Gasteiger partial charge < -0.3 is 15.1 Å². The van der Waals surface area contributed by atoms with E-state index in [2.05, 4.69) is 23.6 Å². The number of anilines is 1. The molecule has 48 heavy (non-hydrogen) atoms. The van der Waals surface area contributed by atoms with Gasteiger partial charge >= 0.3 is 0 Å². The minimum absolute atomic E-state index is 0.0762. The Bertz CT molecular complexity index is 1980. The van der Waals surface area contributed by atoms with Crippen molar-refractivity contribution < 1.29 is 18.0 Å². The minimum Gasteiger partial charge on any atom is -0.341 e. The Kier molecular flexibility index (Phi) is 8.99. The molecule has 2 amide bonds. The number of hydrogen-bond donors (Lipinski definition) is 1. The summed E-state index contributed by atoms with van der Waals surface area (Å²) in [5.74, 6) is -0.788. The summed E-state index contributed by atoms with van der Waals surface area (Å²) < 4.78 is 34.5. The van der Waals surface area contributed by atoms with Crippen LogP contribution in [-0.4, -0.2) is 80.9 Å². The van der Waals surface area contributed by atoms with Crippen molar-refractivity contribution >= 4 is 84.5 Å². The topological polar surface area (TPSA) is 144 Å². The Morgan fingerprint density at radius 3 is 2.48 bits per heavy atom. The molecule has 0 saturated carbocycles. The van der Waals surface area contributed by atoms with E-state index in [1.807, 2.05) is 24.3 Å². The standard InChI is InChI=1S/C30H28Cl2IN9O4S2/c1-30(13-18-5-7-19(8-6-18)20-14-34-17-35-15-20)27(44)41(23-11-21(31)10-22(32)12-23)29-39(2)16-25(42(29)30)48(45,46)40-9-3-4-24(40)26(43)36-28-37-38-33-47-28/h5-8,10-12,14-17,24,29H,3-4,9,13H2,1-2H3,(H,36,37,43)/t24-,29?,30+/m0/s1. The van der Waals surface area contributed by atoms with Crippen LogP contribution in [0.15, 0.2) is 80.8 Å². The zero-order chi connectivity index (χ0) is 33.8. The highest BCUT2D eigenvalue weighted by atomic mass is 127. The van der Waals surface area contributed by atoms with Gasteiger partial charge in [0.05, 0.1) is 5.69 Å². The number of benzene rings is 2. The molecule has 13 nitrogen and oxygen atoms in total. The van der Waals surface area contributed by atoms with Crippen molar-refractivity contribution in [2.75, 3.05) is 18.5 Å². The molecule has 5 heterocycles. The molecule has 0 spiro atoms. The Hall–Kier alpha value is -3.16. The molecule has 1 unspecified atom stereocenters. The van der Waals surface area contributed by atoms with Gasteiger partial charge in [-0.25, -0.2) is 18.4 Å². The van der Waals surface area contributed by atoms with Crippen molar-refractivity contribution in [3.05, 3.63) is 88.0 Å². The number of hydrogen-bond acceptors (Lipinski definition) is 11. The molecule has 2 saturated heterocycles. The normalized spacial score (nSPS) is 24.1. The first-order valence-corrected chi connectivity index (χ1v) is 21.3. The number of nitrogens with zero attached hydrogens (tertiary/aromatic N) is 8. The van der Waals surface area contributed by atoms with Crippen LogP contribution in [0.5, 0.6) is 0 Å². The van der Waals surface area contributed by atoms with E-state index in [1.54, 1.807) is 54.4 Å². The van der Waals surface area contributed by atoms with Crippen LogP contribution in [0, 0.1) is 0 Å². The maximum atomic E-state index is 14.7. The van der Waals surface area contributed by atoms with Gasteiger partial charge in [-0.1, -0.05) is 47.5 Å². The van der Waals surface area contributed by atoms with Gasteiger partial charge in [-0.05, 0) is 49.1 Å². The number of halogens is 3. The van der Waals surface area contributed by atoms with E-state index < -0.39 is 53.4 Å². The summed E-state index contributed by atoms with van der Waals surface area (Å²) in [7, 11) is -1.21. The molecule has 7 rings (SSSR count). The van der Waals surface area contributed by atoms with E-state index in [-0.39, 0.29) is 23.9 Å². The fraction of sp³-hybridized carbons (Fsp3) is 0.300. The van der Waals surface area contributed by atoms with Gasteiger partial charge in [0.15, 0.2) is 11.3 Å². The fourth-order valence-electron chi connectivity index (χ4n) is 6.56. The lowest BCUT2D eigenvalue weighted by atomic mass is 9.90. The molecular weight excluding hydrogens is 812 g/mol. The predicted molar refractivity (Wildman–Crippen MR) is 193 cm³/mol. The second-order valence-corrected chi connectivity index (χ2v) is 18.1. The Morgan fingerprint density at radius 1 is 1.10 bits per heavy atom. The van der Waals surface area contributed by atoms with E-state index >= 15 is 0 Å². The molecule has 2 aromatic carbocycles. The van der Waals surface area contributed by atoms with Crippen molar-refractivity contribution in [3.8, 4) is 11.1 Å². The molecule has 2 fully saturated rings. The van der Waals surface area contributed by atoms with Crippen LogP contribution in [0.25, 0.3) is 11.1 Å². The van der Waals surface area contributed by atoms with E-state index in [0.29, 0.717) is 33.7 Å². The first-order chi connectivity index (χ1) is 23.0. The van der Waals surface area contributed by atoms with E-state index in [9.17, 15) is 18.0 Å². The number of amides is 2. The van der Waals surface area contributed by atoms with Crippen molar-refractivity contribution in [1.29, 1.82) is 0 Å². The monoisotopic (exact) mass is 839 g/mol. The second kappa shape index (κ2) is 12.9. The number of rotatable bonds is 7. The molecule has 3 aromatic rings. The highest BCUT2D eigenvalue weighted by Gasteiger charge is 2.62. The predicted octanol–water partition coefficient (Wildman–Crippen LogP) is 5.13. The largest absolute Gasteiger partial charge is 0.341 e. The number of nitrogens with one attached hydrogen (secondary N) is 1. The molecule has 3 atom stereocenters. The average Bonchev–Trinajstić information content (AvgIpc) is 3.86. The highest BCUT2D eigenvalue weighted by Crippen LogP contribution is 2.47. The molecule has 250 valence electrons. The van der Waals surface area contributed by atoms with Gasteiger partial charge in [0.1, 0.15) is 37.6 Å². The first-order valence-electron chi connectivity index (χ1n) is 14.8. The molecule has 1 aromatic heterocycles. The van der Waals surface area contributed by atoms with Crippen LogP contribution in [0.2, 0.25) is 10.0 Å². The third kappa shape index (κ3) is 5.89. The summed E-state index contributed by atoms with van der Waals surface area (Å²) in [6, 6.07) is 11.5. The van der Waals surface area contributed by atoms with Crippen LogP contribution >= 0.6 is 51.8 Å². The number of aromatic nitrogens is 2. The minimum atomic E-state index is -4.30. The summed E-state index contributed by atoms with van der Waals surface area (Å²) >= 11 is 12.2. The Morgan fingerprint density at radius 2 is 1.81 bits per heavy atom. The molecular formula is C30H28Cl2IN9O4S2. The maximum absolute atomic E-state index is 14.7. The lowest BCUT2D eigenvalue weighted by molar-refractivity contribution is -0.124. The average molecular weight is 841 g/mol. The van der Waals surface area contributed by atoms with E-state index in [1.165, 1.54) is 30.7 Å². The third-order valence-electron chi connectivity index (χ3n) is 8.69. The van der Waals surface area contributed by atoms with Crippen molar-refractivity contribution in [2.24, 2.45) is 8.36 Å². The van der Waals surface area contributed by atoms with Crippen LogP contribution in [-0.2, 0) is 26.0 Å².